The molecule has 0 N–H and O–H groups in total. The summed E-state index contributed by atoms with van der Waals surface area (Å²) in [6, 6.07) is -0.578. The highest BCUT2D eigenvalue weighted by atomic mass is 16.6. The van der Waals surface area contributed by atoms with Gasteiger partial charge in [0.15, 0.2) is 0 Å². The average molecular weight is 368 g/mol. The van der Waals surface area contributed by atoms with Gasteiger partial charge in [-0.3, -0.25) is 14.9 Å². The molecular weight excluding hydrogens is 330 g/mol. The van der Waals surface area contributed by atoms with Crippen LogP contribution in [0, 0.1) is 16.0 Å². The summed E-state index contributed by atoms with van der Waals surface area (Å²) in [6.45, 7) is 6.19. The van der Waals surface area contributed by atoms with Gasteiger partial charge in [0.05, 0.1) is 6.61 Å². The van der Waals surface area contributed by atoms with Crippen LogP contribution in [0.1, 0.15) is 85.0 Å². The van der Waals surface area contributed by atoms with E-state index in [1.807, 2.05) is 6.92 Å². The molecular formula is C21H37NO4. The summed E-state index contributed by atoms with van der Waals surface area (Å²) >= 11 is 0. The fourth-order valence-electron chi connectivity index (χ4n) is 2.85. The second-order valence-electron chi connectivity index (χ2n) is 6.89. The van der Waals surface area contributed by atoms with E-state index < -0.39 is 6.04 Å². The minimum Gasteiger partial charge on any atom is -0.466 e. The van der Waals surface area contributed by atoms with Crippen molar-refractivity contribution < 1.29 is 14.5 Å². The van der Waals surface area contributed by atoms with E-state index >= 15 is 0 Å². The number of rotatable bonds is 16. The van der Waals surface area contributed by atoms with Crippen LogP contribution in [0.15, 0.2) is 24.3 Å². The summed E-state index contributed by atoms with van der Waals surface area (Å²) in [5.41, 5.74) is 0. The van der Waals surface area contributed by atoms with Crippen LogP contribution in [0.4, 0.5) is 0 Å². The molecule has 2 unspecified atom stereocenters. The van der Waals surface area contributed by atoms with Gasteiger partial charge in [0, 0.05) is 24.2 Å². The van der Waals surface area contributed by atoms with E-state index in [2.05, 4.69) is 31.2 Å². The summed E-state index contributed by atoms with van der Waals surface area (Å²) in [4.78, 5) is 22.5. The molecule has 0 spiro atoms. The SMILES string of the molecule is CCCCC/C=C\C/C=C\CCCC(CC(C)CC(=O)OCC)[N+](=O)[O-]. The molecule has 0 aliphatic heterocycles. The molecule has 0 aromatic heterocycles. The fourth-order valence-corrected chi connectivity index (χ4v) is 2.85. The summed E-state index contributed by atoms with van der Waals surface area (Å²) in [7, 11) is 0. The number of esters is 1. The minimum atomic E-state index is -0.578. The van der Waals surface area contributed by atoms with Gasteiger partial charge in [-0.25, -0.2) is 0 Å². The number of allylic oxidation sites excluding steroid dienone is 4. The van der Waals surface area contributed by atoms with Gasteiger partial charge >= 0.3 is 5.97 Å². The molecule has 26 heavy (non-hydrogen) atoms. The Bertz CT molecular complexity index is 432. The Kier molecular flexibility index (Phi) is 15.7. The van der Waals surface area contributed by atoms with Crippen molar-refractivity contribution in [2.24, 2.45) is 5.92 Å². The monoisotopic (exact) mass is 367 g/mol. The Morgan fingerprint density at radius 2 is 1.73 bits per heavy atom. The molecule has 0 heterocycles. The van der Waals surface area contributed by atoms with Crippen LogP contribution >= 0.6 is 0 Å². The number of carbonyl (C=O) groups is 1. The van der Waals surface area contributed by atoms with E-state index in [-0.39, 0.29) is 23.2 Å². The van der Waals surface area contributed by atoms with Crippen molar-refractivity contribution in [1.29, 1.82) is 0 Å². The molecule has 0 saturated heterocycles. The first-order chi connectivity index (χ1) is 12.5. The molecule has 0 saturated carbocycles. The Morgan fingerprint density at radius 3 is 2.31 bits per heavy atom. The quantitative estimate of drug-likeness (QED) is 0.113. The van der Waals surface area contributed by atoms with E-state index in [4.69, 9.17) is 4.74 Å². The van der Waals surface area contributed by atoms with Gasteiger partial charge in [-0.05, 0) is 44.9 Å². The summed E-state index contributed by atoms with van der Waals surface area (Å²) < 4.78 is 4.90. The third-order valence-corrected chi connectivity index (χ3v) is 4.28. The van der Waals surface area contributed by atoms with E-state index in [0.717, 1.165) is 25.7 Å². The van der Waals surface area contributed by atoms with Gasteiger partial charge in [0.1, 0.15) is 0 Å². The summed E-state index contributed by atoms with van der Waals surface area (Å²) in [5.74, 6) is -0.300. The maximum Gasteiger partial charge on any atom is 0.306 e. The number of carbonyl (C=O) groups excluding carboxylic acids is 1. The summed E-state index contributed by atoms with van der Waals surface area (Å²) in [5, 5.41) is 11.2. The highest BCUT2D eigenvalue weighted by Gasteiger charge is 2.24. The number of unbranched alkanes of at least 4 members (excludes halogenated alkanes) is 4. The van der Waals surface area contributed by atoms with Crippen LogP contribution in [0.25, 0.3) is 0 Å². The lowest BCUT2D eigenvalue weighted by Gasteiger charge is -2.14. The molecule has 0 fully saturated rings. The lowest BCUT2D eigenvalue weighted by atomic mass is 9.95. The van der Waals surface area contributed by atoms with Crippen molar-refractivity contribution in [3.05, 3.63) is 34.4 Å². The van der Waals surface area contributed by atoms with Gasteiger partial charge in [0.2, 0.25) is 6.04 Å². The number of hydrogen-bond acceptors (Lipinski definition) is 4. The molecule has 2 atom stereocenters. The second kappa shape index (κ2) is 16.8. The van der Waals surface area contributed by atoms with Gasteiger partial charge in [-0.1, -0.05) is 51.0 Å². The topological polar surface area (TPSA) is 69.4 Å². The smallest absolute Gasteiger partial charge is 0.306 e. The van der Waals surface area contributed by atoms with Gasteiger partial charge in [-0.2, -0.15) is 0 Å². The molecule has 0 aliphatic carbocycles. The molecule has 5 heteroatoms. The molecule has 0 amide bonds. The molecule has 0 aromatic rings. The number of hydrogen-bond donors (Lipinski definition) is 0. The third-order valence-electron chi connectivity index (χ3n) is 4.28. The van der Waals surface area contributed by atoms with Gasteiger partial charge in [-0.15, -0.1) is 0 Å². The van der Waals surface area contributed by atoms with Crippen LogP contribution in [0.3, 0.4) is 0 Å². The van der Waals surface area contributed by atoms with Crippen molar-refractivity contribution >= 4 is 5.97 Å². The first-order valence-corrected chi connectivity index (χ1v) is 10.1. The van der Waals surface area contributed by atoms with Crippen molar-refractivity contribution in [3.8, 4) is 0 Å². The maximum absolute atomic E-state index is 11.5. The second-order valence-corrected chi connectivity index (χ2v) is 6.89. The van der Waals surface area contributed by atoms with Crippen molar-refractivity contribution in [2.75, 3.05) is 6.61 Å². The number of nitrogens with zero attached hydrogens (tertiary/aromatic N) is 1. The molecule has 0 aromatic carbocycles. The first-order valence-electron chi connectivity index (χ1n) is 10.1. The zero-order valence-corrected chi connectivity index (χ0v) is 16.8. The Morgan fingerprint density at radius 1 is 1.08 bits per heavy atom. The van der Waals surface area contributed by atoms with Gasteiger partial charge < -0.3 is 4.74 Å². The lowest BCUT2D eigenvalue weighted by molar-refractivity contribution is -0.525. The van der Waals surface area contributed by atoms with Crippen molar-refractivity contribution in [3.63, 3.8) is 0 Å². The molecule has 150 valence electrons. The molecule has 0 radical (unpaired) electrons. The zero-order valence-electron chi connectivity index (χ0n) is 16.8. The lowest BCUT2D eigenvalue weighted by Crippen LogP contribution is -2.23. The predicted molar refractivity (Wildman–Crippen MR) is 107 cm³/mol. The molecule has 5 nitrogen and oxygen atoms in total. The number of nitro groups is 1. The third kappa shape index (κ3) is 14.7. The Hall–Kier alpha value is -1.65. The van der Waals surface area contributed by atoms with Crippen LogP contribution < -0.4 is 0 Å². The van der Waals surface area contributed by atoms with E-state index in [1.54, 1.807) is 6.92 Å². The Labute approximate surface area is 159 Å². The van der Waals surface area contributed by atoms with Crippen LogP contribution in [0.2, 0.25) is 0 Å². The predicted octanol–water partition coefficient (Wildman–Crippen LogP) is 5.86. The van der Waals surface area contributed by atoms with Crippen LogP contribution in [-0.4, -0.2) is 23.5 Å². The molecule has 0 rings (SSSR count). The number of ether oxygens (including phenoxy) is 1. The highest BCUT2D eigenvalue weighted by molar-refractivity contribution is 5.69. The van der Waals surface area contributed by atoms with Gasteiger partial charge in [0.25, 0.3) is 0 Å². The first kappa shape index (κ1) is 24.4. The van der Waals surface area contributed by atoms with Crippen LogP contribution in [-0.2, 0) is 9.53 Å². The molecule has 0 aliphatic rings. The zero-order chi connectivity index (χ0) is 19.6. The largest absolute Gasteiger partial charge is 0.466 e. The standard InChI is InChI=1S/C21H37NO4/c1-4-6-7-8-9-10-11-12-13-14-15-16-20(22(24)25)17-19(3)18-21(23)26-5-2/h9-10,12-13,19-20H,4-8,11,14-18H2,1-3H3/b10-9-,13-12-. The van der Waals surface area contributed by atoms with Crippen molar-refractivity contribution in [1.82, 2.24) is 0 Å². The summed E-state index contributed by atoms with van der Waals surface area (Å²) in [6.07, 6.45) is 17.4. The molecule has 0 bridgehead atoms. The van der Waals surface area contributed by atoms with Crippen LogP contribution in [0.5, 0.6) is 0 Å². The fraction of sp³-hybridized carbons (Fsp3) is 0.762. The van der Waals surface area contributed by atoms with Crippen molar-refractivity contribution in [2.45, 2.75) is 91.0 Å². The van der Waals surface area contributed by atoms with E-state index in [1.165, 1.54) is 19.3 Å². The maximum atomic E-state index is 11.5. The normalized spacial score (nSPS) is 14.0. The Balaban J connectivity index is 3.94. The minimum absolute atomic E-state index is 0.0298. The highest BCUT2D eigenvalue weighted by Crippen LogP contribution is 2.18. The average Bonchev–Trinajstić information content (AvgIpc) is 2.58. The van der Waals surface area contributed by atoms with E-state index in [0.29, 0.717) is 19.4 Å². The van der Waals surface area contributed by atoms with E-state index in [9.17, 15) is 14.9 Å².